The summed E-state index contributed by atoms with van der Waals surface area (Å²) < 4.78 is 38.7. The van der Waals surface area contributed by atoms with Crippen molar-refractivity contribution >= 4 is 29.2 Å². The molecule has 0 aromatic heterocycles. The number of likely N-dealkylation sites (N-methyl/N-ethyl adjacent to an activating group) is 1. The molecule has 268 valence electrons. The first-order chi connectivity index (χ1) is 23.3. The summed E-state index contributed by atoms with van der Waals surface area (Å²) in [5, 5.41) is 5.55. The molecular weight excluding hydrogens is 630 g/mol. The molecule has 0 radical (unpaired) electrons. The number of hydrogen-bond donors (Lipinski definition) is 2. The molecule has 11 heteroatoms. The number of ether oxygens (including phenoxy) is 1. The number of carbonyl (C=O) groups is 4. The zero-order chi connectivity index (χ0) is 35.0. The van der Waals surface area contributed by atoms with Gasteiger partial charge in [0, 0.05) is 56.0 Å². The molecule has 5 unspecified atom stereocenters. The van der Waals surface area contributed by atoms with Crippen molar-refractivity contribution in [3.05, 3.63) is 29.6 Å². The highest BCUT2D eigenvalue weighted by atomic mass is 19.1. The summed E-state index contributed by atoms with van der Waals surface area (Å²) in [5.74, 6) is -4.23. The minimum Gasteiger partial charge on any atom is -0.371 e. The molecule has 4 aliphatic carbocycles. The highest BCUT2D eigenvalue weighted by molar-refractivity contribution is 6.01. The SMILES string of the molecule is CCOC(C)C(=O)C1C2C[C@@H](C(=O)N3CCN(C)[C@H](C)C3)[C@@H](C)c3ccc(c(F)c3)NC(=O)[C@H](C(C3CC3)C3CC3)NC(=O)C3(F)CC13C2. The topological polar surface area (TPSA) is 108 Å². The minimum atomic E-state index is -2.33. The zero-order valence-electron chi connectivity index (χ0n) is 29.5. The number of hydrogen-bond acceptors (Lipinski definition) is 6. The molecule has 10 rings (SSSR count). The number of carbonyl (C=O) groups excluding carboxylic acids is 4. The molecule has 9 nitrogen and oxygen atoms in total. The van der Waals surface area contributed by atoms with Crippen LogP contribution in [0.4, 0.5) is 14.5 Å². The summed E-state index contributed by atoms with van der Waals surface area (Å²) in [6.45, 7) is 9.57. The predicted molar refractivity (Wildman–Crippen MR) is 180 cm³/mol. The van der Waals surface area contributed by atoms with Gasteiger partial charge in [-0.2, -0.15) is 0 Å². The lowest BCUT2D eigenvalue weighted by molar-refractivity contribution is -0.154. The number of ketones is 1. The van der Waals surface area contributed by atoms with E-state index in [4.69, 9.17) is 4.74 Å². The van der Waals surface area contributed by atoms with Crippen LogP contribution < -0.4 is 10.6 Å². The lowest BCUT2D eigenvalue weighted by atomic mass is 9.55. The van der Waals surface area contributed by atoms with E-state index in [0.29, 0.717) is 31.7 Å². The van der Waals surface area contributed by atoms with Gasteiger partial charge in [0.15, 0.2) is 11.5 Å². The second-order valence-corrected chi connectivity index (χ2v) is 16.3. The number of nitrogens with one attached hydrogen (secondary N) is 2. The van der Waals surface area contributed by atoms with E-state index < -0.39 is 58.6 Å². The van der Waals surface area contributed by atoms with Crippen LogP contribution in [0.5, 0.6) is 0 Å². The van der Waals surface area contributed by atoms with E-state index in [1.807, 2.05) is 18.9 Å². The lowest BCUT2D eigenvalue weighted by Gasteiger charge is -2.49. The summed E-state index contributed by atoms with van der Waals surface area (Å²) in [4.78, 5) is 60.6. The van der Waals surface area contributed by atoms with Gasteiger partial charge in [0.2, 0.25) is 11.8 Å². The van der Waals surface area contributed by atoms with E-state index in [9.17, 15) is 19.2 Å². The third-order valence-corrected chi connectivity index (χ3v) is 13.2. The fourth-order valence-electron chi connectivity index (χ4n) is 9.77. The van der Waals surface area contributed by atoms with Gasteiger partial charge in [0.05, 0.1) is 5.69 Å². The Morgan fingerprint density at radius 2 is 1.80 bits per heavy atom. The van der Waals surface area contributed by atoms with E-state index >= 15 is 8.78 Å². The molecule has 3 amide bonds. The van der Waals surface area contributed by atoms with E-state index in [1.54, 1.807) is 19.9 Å². The summed E-state index contributed by atoms with van der Waals surface area (Å²) in [5.41, 5.74) is -2.92. The predicted octanol–water partition coefficient (Wildman–Crippen LogP) is 4.70. The number of rotatable bonds is 8. The second kappa shape index (κ2) is 12.7. The van der Waals surface area contributed by atoms with Crippen LogP contribution in [0.1, 0.15) is 84.1 Å². The van der Waals surface area contributed by atoms with Crippen molar-refractivity contribution in [2.24, 2.45) is 40.9 Å². The van der Waals surface area contributed by atoms with Gasteiger partial charge in [-0.25, -0.2) is 8.78 Å². The molecule has 5 aliphatic heterocycles. The molecule has 1 aromatic rings. The van der Waals surface area contributed by atoms with E-state index in [2.05, 4.69) is 22.5 Å². The average molecular weight is 683 g/mol. The standard InChI is InChI=1S/C38H52F2N4O5/c1-6-49-22(4)33(45)31-26-15-27(35(47)44-14-13-43(5)20(2)18-44)21(3)25-11-12-29(28(39)16-25)41-34(46)32(30(23-7-8-23)24-9-10-24)42-36(48)38(40)19-37(31,38)17-26/h11-12,16,20-24,26-27,30-32H,6-10,13-15,17-19H2,1-5H3,(H,41,46)(H,42,48)/t20-,21+,22?,26?,27-,31?,32+,37?,38?/m1/s1. The Morgan fingerprint density at radius 3 is 2.41 bits per heavy atom. The van der Waals surface area contributed by atoms with Crippen LogP contribution in [0.2, 0.25) is 0 Å². The third-order valence-electron chi connectivity index (χ3n) is 13.2. The maximum Gasteiger partial charge on any atom is 0.258 e. The number of alkyl halides is 1. The number of Topliss-reactive ketones (excluding diaryl/α,β-unsaturated/α-hetero) is 1. The maximum atomic E-state index is 17.1. The summed E-state index contributed by atoms with van der Waals surface area (Å²) >= 11 is 0. The fourth-order valence-corrected chi connectivity index (χ4v) is 9.77. The van der Waals surface area contributed by atoms with Crippen LogP contribution in [-0.4, -0.2) is 90.4 Å². The first kappa shape index (κ1) is 34.5. The van der Waals surface area contributed by atoms with E-state index in [1.165, 1.54) is 12.1 Å². The fraction of sp³-hybridized carbons (Fsp3) is 0.737. The third kappa shape index (κ3) is 6.00. The Labute approximate surface area is 288 Å². The number of benzene rings is 1. The number of halogens is 2. The van der Waals surface area contributed by atoms with Crippen LogP contribution in [0.15, 0.2) is 18.2 Å². The van der Waals surface area contributed by atoms with Crippen molar-refractivity contribution in [1.29, 1.82) is 0 Å². The molecule has 1 aromatic carbocycles. The van der Waals surface area contributed by atoms with Gasteiger partial charge in [-0.3, -0.25) is 19.2 Å². The monoisotopic (exact) mass is 682 g/mol. The Balaban J connectivity index is 1.28. The Hall–Kier alpha value is -2.92. The van der Waals surface area contributed by atoms with Crippen LogP contribution in [0.3, 0.4) is 0 Å². The van der Waals surface area contributed by atoms with Crippen molar-refractivity contribution in [2.45, 2.75) is 102 Å². The van der Waals surface area contributed by atoms with Gasteiger partial charge in [-0.1, -0.05) is 13.0 Å². The molecule has 4 bridgehead atoms. The van der Waals surface area contributed by atoms with Gasteiger partial charge in [-0.15, -0.1) is 0 Å². The molecule has 9 atom stereocenters. The van der Waals surface area contributed by atoms with Crippen LogP contribution in [0.25, 0.3) is 0 Å². The van der Waals surface area contributed by atoms with Crippen molar-refractivity contribution in [2.75, 3.05) is 38.6 Å². The van der Waals surface area contributed by atoms with E-state index in [0.717, 1.165) is 32.2 Å². The minimum absolute atomic E-state index is 0.00956. The summed E-state index contributed by atoms with van der Waals surface area (Å²) in [7, 11) is 2.03. The van der Waals surface area contributed by atoms with Gasteiger partial charge >= 0.3 is 0 Å². The van der Waals surface area contributed by atoms with Crippen molar-refractivity contribution in [1.82, 2.24) is 15.1 Å². The smallest absolute Gasteiger partial charge is 0.258 e. The highest BCUT2D eigenvalue weighted by Crippen LogP contribution is 2.76. The second-order valence-electron chi connectivity index (χ2n) is 16.3. The van der Waals surface area contributed by atoms with Crippen molar-refractivity contribution in [3.8, 4) is 0 Å². The van der Waals surface area contributed by atoms with Gasteiger partial charge in [0.1, 0.15) is 18.0 Å². The van der Waals surface area contributed by atoms with Gasteiger partial charge in [-0.05, 0) is 114 Å². The Kier molecular flexibility index (Phi) is 8.94. The molecule has 5 heterocycles. The number of anilines is 1. The molecular formula is C38H52F2N4O5. The Morgan fingerprint density at radius 1 is 1.10 bits per heavy atom. The highest BCUT2D eigenvalue weighted by Gasteiger charge is 2.83. The zero-order valence-corrected chi connectivity index (χ0v) is 29.5. The van der Waals surface area contributed by atoms with E-state index in [-0.39, 0.29) is 59.9 Å². The quantitative estimate of drug-likeness (QED) is 0.412. The number of nitrogens with zero attached hydrogens (tertiary/aromatic N) is 2. The van der Waals surface area contributed by atoms with Crippen molar-refractivity contribution < 1.29 is 32.7 Å². The first-order valence-corrected chi connectivity index (χ1v) is 18.5. The molecule has 5 fully saturated rings. The van der Waals surface area contributed by atoms with Crippen LogP contribution in [0, 0.1) is 46.7 Å². The lowest BCUT2D eigenvalue weighted by Crippen LogP contribution is -2.58. The maximum absolute atomic E-state index is 17.1. The van der Waals surface area contributed by atoms with Crippen LogP contribution >= 0.6 is 0 Å². The first-order valence-electron chi connectivity index (χ1n) is 18.5. The van der Waals surface area contributed by atoms with Crippen LogP contribution in [-0.2, 0) is 23.9 Å². The van der Waals surface area contributed by atoms with Gasteiger partial charge < -0.3 is 25.2 Å². The molecule has 4 saturated carbocycles. The molecule has 9 aliphatic rings. The normalized spacial score (nSPS) is 37.2. The van der Waals surface area contributed by atoms with Crippen molar-refractivity contribution in [3.63, 3.8) is 0 Å². The molecule has 2 N–H and O–H groups in total. The number of piperazine rings is 1. The average Bonchev–Trinajstić information content (AvgIpc) is 3.94. The van der Waals surface area contributed by atoms with Gasteiger partial charge in [0.25, 0.3) is 5.91 Å². The molecule has 1 saturated heterocycles. The summed E-state index contributed by atoms with van der Waals surface area (Å²) in [6, 6.07) is 3.82. The molecule has 1 spiro atoms. The number of amides is 3. The molecule has 49 heavy (non-hydrogen) atoms. The summed E-state index contributed by atoms with van der Waals surface area (Å²) in [6.07, 6.45) is 3.43. The Bertz CT molecular complexity index is 1500. The largest absolute Gasteiger partial charge is 0.371 e.